The van der Waals surface area contributed by atoms with Gasteiger partial charge in [0, 0.05) is 13.1 Å². The van der Waals surface area contributed by atoms with Crippen LogP contribution in [0, 0.1) is 5.41 Å². The van der Waals surface area contributed by atoms with Gasteiger partial charge in [-0.2, -0.15) is 0 Å². The summed E-state index contributed by atoms with van der Waals surface area (Å²) in [6.45, 7) is 1.08. The first kappa shape index (κ1) is 14.6. The molecule has 3 rings (SSSR count). The van der Waals surface area contributed by atoms with Gasteiger partial charge in [-0.3, -0.25) is 14.4 Å². The van der Waals surface area contributed by atoms with Gasteiger partial charge in [0.05, 0.1) is 0 Å². The van der Waals surface area contributed by atoms with Crippen molar-refractivity contribution in [1.82, 2.24) is 10.2 Å². The van der Waals surface area contributed by atoms with E-state index in [1.807, 2.05) is 30.3 Å². The maximum atomic E-state index is 12.3. The zero-order chi connectivity index (χ0) is 15.7. The molecule has 2 fully saturated rings. The molecule has 1 aliphatic heterocycles. The summed E-state index contributed by atoms with van der Waals surface area (Å²) in [5.74, 6) is -1.77. The standard InChI is InChI=1S/C16H18N2O4/c19-13-12(17-14(20)16(7-8-16)15(21)22)6-9-18(13)10-11-4-2-1-3-5-11/h1-5,12H,6-10H2,(H,17,20)(H,21,22). The normalized spacial score (nSPS) is 22.5. The molecule has 1 heterocycles. The number of amides is 2. The number of carboxylic acids is 1. The van der Waals surface area contributed by atoms with Crippen molar-refractivity contribution in [3.05, 3.63) is 35.9 Å². The molecule has 116 valence electrons. The number of likely N-dealkylation sites (tertiary alicyclic amines) is 1. The summed E-state index contributed by atoms with van der Waals surface area (Å²) in [4.78, 5) is 37.2. The van der Waals surface area contributed by atoms with Crippen LogP contribution in [0.5, 0.6) is 0 Å². The predicted molar refractivity (Wildman–Crippen MR) is 77.7 cm³/mol. The van der Waals surface area contributed by atoms with Gasteiger partial charge in [0.2, 0.25) is 11.8 Å². The number of carboxylic acid groups (broad SMARTS) is 1. The third kappa shape index (κ3) is 2.56. The average molecular weight is 302 g/mol. The van der Waals surface area contributed by atoms with Crippen LogP contribution in [-0.2, 0) is 20.9 Å². The molecule has 22 heavy (non-hydrogen) atoms. The van der Waals surface area contributed by atoms with Gasteiger partial charge in [0.1, 0.15) is 11.5 Å². The van der Waals surface area contributed by atoms with Gasteiger partial charge < -0.3 is 15.3 Å². The molecule has 0 spiro atoms. The number of aliphatic carboxylic acids is 1. The highest BCUT2D eigenvalue weighted by Crippen LogP contribution is 2.46. The molecular weight excluding hydrogens is 284 g/mol. The minimum atomic E-state index is -1.30. The van der Waals surface area contributed by atoms with Gasteiger partial charge in [0.15, 0.2) is 0 Å². The maximum absolute atomic E-state index is 12.3. The molecule has 6 heteroatoms. The maximum Gasteiger partial charge on any atom is 0.319 e. The second-order valence-electron chi connectivity index (χ2n) is 5.95. The lowest BCUT2D eigenvalue weighted by Gasteiger charge is -2.18. The van der Waals surface area contributed by atoms with E-state index in [0.717, 1.165) is 5.56 Å². The van der Waals surface area contributed by atoms with Crippen LogP contribution in [0.1, 0.15) is 24.8 Å². The van der Waals surface area contributed by atoms with Crippen molar-refractivity contribution in [3.63, 3.8) is 0 Å². The number of carbonyl (C=O) groups is 3. The Morgan fingerprint density at radius 1 is 1.27 bits per heavy atom. The Kier molecular flexibility index (Phi) is 3.60. The molecule has 2 N–H and O–H groups in total. The molecule has 1 saturated carbocycles. The third-order valence-corrected chi connectivity index (χ3v) is 4.41. The van der Waals surface area contributed by atoms with Gasteiger partial charge in [0.25, 0.3) is 0 Å². The molecule has 1 aromatic rings. The zero-order valence-corrected chi connectivity index (χ0v) is 12.1. The minimum Gasteiger partial charge on any atom is -0.480 e. The van der Waals surface area contributed by atoms with Crippen LogP contribution in [0.4, 0.5) is 0 Å². The number of carbonyl (C=O) groups excluding carboxylic acids is 2. The zero-order valence-electron chi connectivity index (χ0n) is 12.1. The topological polar surface area (TPSA) is 86.7 Å². The molecule has 2 aliphatic rings. The number of benzene rings is 1. The summed E-state index contributed by atoms with van der Waals surface area (Å²) in [7, 11) is 0. The van der Waals surface area contributed by atoms with Gasteiger partial charge in [-0.05, 0) is 24.8 Å². The van der Waals surface area contributed by atoms with E-state index in [9.17, 15) is 14.4 Å². The Bertz CT molecular complexity index is 610. The van der Waals surface area contributed by atoms with Crippen molar-refractivity contribution in [2.24, 2.45) is 5.41 Å². The summed E-state index contributed by atoms with van der Waals surface area (Å²) < 4.78 is 0. The second-order valence-corrected chi connectivity index (χ2v) is 5.95. The highest BCUT2D eigenvalue weighted by Gasteiger charge is 2.57. The summed E-state index contributed by atoms with van der Waals surface area (Å²) in [5, 5.41) is 11.7. The van der Waals surface area contributed by atoms with Gasteiger partial charge in [-0.15, -0.1) is 0 Å². The van der Waals surface area contributed by atoms with Crippen molar-refractivity contribution in [2.75, 3.05) is 6.54 Å². The molecule has 1 saturated heterocycles. The quantitative estimate of drug-likeness (QED) is 0.787. The van der Waals surface area contributed by atoms with Crippen LogP contribution in [0.15, 0.2) is 30.3 Å². The Morgan fingerprint density at radius 2 is 1.95 bits per heavy atom. The molecule has 0 aromatic heterocycles. The Balaban J connectivity index is 1.60. The van der Waals surface area contributed by atoms with Crippen molar-refractivity contribution >= 4 is 17.8 Å². The Hall–Kier alpha value is -2.37. The number of hydrogen-bond donors (Lipinski definition) is 2. The van der Waals surface area contributed by atoms with Gasteiger partial charge >= 0.3 is 5.97 Å². The number of hydrogen-bond acceptors (Lipinski definition) is 3. The van der Waals surface area contributed by atoms with Crippen LogP contribution in [-0.4, -0.2) is 40.4 Å². The molecular formula is C16H18N2O4. The molecule has 6 nitrogen and oxygen atoms in total. The van der Waals surface area contributed by atoms with Crippen molar-refractivity contribution < 1.29 is 19.5 Å². The summed E-state index contributed by atoms with van der Waals surface area (Å²) in [5.41, 5.74) is -0.264. The SMILES string of the molecule is O=C1C(NC(=O)C2(C(=O)O)CC2)CCN1Cc1ccccc1. The van der Waals surface area contributed by atoms with Crippen LogP contribution >= 0.6 is 0 Å². The molecule has 1 aliphatic carbocycles. The molecule has 1 aromatic carbocycles. The summed E-state index contributed by atoms with van der Waals surface area (Å²) in [6, 6.07) is 9.04. The van der Waals surface area contributed by atoms with E-state index in [2.05, 4.69) is 5.32 Å². The molecule has 1 unspecified atom stereocenters. The van der Waals surface area contributed by atoms with Crippen LogP contribution in [0.2, 0.25) is 0 Å². The van der Waals surface area contributed by atoms with E-state index in [4.69, 9.17) is 5.11 Å². The van der Waals surface area contributed by atoms with Gasteiger partial charge in [-0.1, -0.05) is 30.3 Å². The van der Waals surface area contributed by atoms with Crippen LogP contribution in [0.25, 0.3) is 0 Å². The number of nitrogens with one attached hydrogen (secondary N) is 1. The molecule has 0 radical (unpaired) electrons. The van der Waals surface area contributed by atoms with Crippen molar-refractivity contribution in [1.29, 1.82) is 0 Å². The van der Waals surface area contributed by atoms with E-state index in [1.165, 1.54) is 0 Å². The fourth-order valence-electron chi connectivity index (χ4n) is 2.79. The van der Waals surface area contributed by atoms with Gasteiger partial charge in [-0.25, -0.2) is 0 Å². The van der Waals surface area contributed by atoms with E-state index in [1.54, 1.807) is 4.90 Å². The summed E-state index contributed by atoms with van der Waals surface area (Å²) >= 11 is 0. The van der Waals surface area contributed by atoms with E-state index in [0.29, 0.717) is 32.4 Å². The lowest BCUT2D eigenvalue weighted by molar-refractivity contribution is -0.150. The largest absolute Gasteiger partial charge is 0.480 e. The Morgan fingerprint density at radius 3 is 2.55 bits per heavy atom. The number of rotatable bonds is 5. The minimum absolute atomic E-state index is 0.140. The van der Waals surface area contributed by atoms with E-state index < -0.39 is 23.3 Å². The fourth-order valence-corrected chi connectivity index (χ4v) is 2.79. The van der Waals surface area contributed by atoms with E-state index in [-0.39, 0.29) is 5.91 Å². The fraction of sp³-hybridized carbons (Fsp3) is 0.438. The van der Waals surface area contributed by atoms with Crippen molar-refractivity contribution in [3.8, 4) is 0 Å². The third-order valence-electron chi connectivity index (χ3n) is 4.41. The summed E-state index contributed by atoms with van der Waals surface area (Å²) in [6.07, 6.45) is 1.22. The smallest absolute Gasteiger partial charge is 0.319 e. The monoisotopic (exact) mass is 302 g/mol. The first-order chi connectivity index (χ1) is 10.5. The Labute approximate surface area is 128 Å². The van der Waals surface area contributed by atoms with Crippen LogP contribution in [0.3, 0.4) is 0 Å². The molecule has 0 bridgehead atoms. The average Bonchev–Trinajstić information content (AvgIpc) is 3.26. The highest BCUT2D eigenvalue weighted by atomic mass is 16.4. The molecule has 1 atom stereocenters. The molecule has 2 amide bonds. The first-order valence-corrected chi connectivity index (χ1v) is 7.40. The number of nitrogens with zero attached hydrogens (tertiary/aromatic N) is 1. The lowest BCUT2D eigenvalue weighted by Crippen LogP contribution is -2.46. The second kappa shape index (κ2) is 5.44. The highest BCUT2D eigenvalue weighted by molar-refractivity contribution is 6.06. The van der Waals surface area contributed by atoms with E-state index >= 15 is 0 Å². The van der Waals surface area contributed by atoms with Crippen LogP contribution < -0.4 is 5.32 Å². The first-order valence-electron chi connectivity index (χ1n) is 7.40. The predicted octanol–water partition coefficient (Wildman–Crippen LogP) is 0.768. The van der Waals surface area contributed by atoms with Crippen molar-refractivity contribution in [2.45, 2.75) is 31.8 Å². The lowest BCUT2D eigenvalue weighted by atomic mass is 10.1.